The van der Waals surface area contributed by atoms with Crippen LogP contribution in [0.4, 0.5) is 10.6 Å². The predicted molar refractivity (Wildman–Crippen MR) is 121 cm³/mol. The second-order valence-corrected chi connectivity index (χ2v) is 9.89. The van der Waals surface area contributed by atoms with Crippen molar-refractivity contribution in [2.75, 3.05) is 37.6 Å². The summed E-state index contributed by atoms with van der Waals surface area (Å²) in [6.07, 6.45) is 7.82. The van der Waals surface area contributed by atoms with E-state index in [2.05, 4.69) is 39.4 Å². The van der Waals surface area contributed by atoms with Crippen LogP contribution in [0.25, 0.3) is 10.1 Å². The Morgan fingerprint density at radius 3 is 2.60 bits per heavy atom. The van der Waals surface area contributed by atoms with Crippen LogP contribution in [-0.4, -0.2) is 60.2 Å². The lowest BCUT2D eigenvalue weighted by Crippen LogP contribution is -2.47. The molecule has 6 nitrogen and oxygen atoms in total. The Morgan fingerprint density at radius 2 is 1.83 bits per heavy atom. The minimum atomic E-state index is -0.202. The third kappa shape index (κ3) is 4.89. The topological polar surface area (TPSA) is 57.7 Å². The van der Waals surface area contributed by atoms with Crippen molar-refractivity contribution in [1.82, 2.24) is 14.6 Å². The van der Waals surface area contributed by atoms with E-state index in [1.807, 2.05) is 0 Å². The molecule has 1 N–H and O–H groups in total. The number of amides is 1. The Morgan fingerprint density at radius 1 is 1.07 bits per heavy atom. The summed E-state index contributed by atoms with van der Waals surface area (Å²) in [5.74, 6) is 1.94. The van der Waals surface area contributed by atoms with Gasteiger partial charge in [0.15, 0.2) is 0 Å². The van der Waals surface area contributed by atoms with Crippen LogP contribution in [0.1, 0.15) is 44.9 Å². The Balaban J connectivity index is 1.01. The SMILES string of the molecule is O=C(NC1CC1)OC1CCC(CCN2CCN(c3nsc4ccccc34)CC2)CC1. The van der Waals surface area contributed by atoms with Crippen molar-refractivity contribution < 1.29 is 9.53 Å². The van der Waals surface area contributed by atoms with Crippen LogP contribution in [0.5, 0.6) is 0 Å². The van der Waals surface area contributed by atoms with Gasteiger partial charge in [-0.2, -0.15) is 4.37 Å². The maximum absolute atomic E-state index is 11.8. The zero-order chi connectivity index (χ0) is 20.3. The number of nitrogens with one attached hydrogen (secondary N) is 1. The van der Waals surface area contributed by atoms with Gasteiger partial charge in [-0.1, -0.05) is 12.1 Å². The molecule has 1 aromatic carbocycles. The number of rotatable bonds is 6. The summed E-state index contributed by atoms with van der Waals surface area (Å²) in [6.45, 7) is 5.54. The van der Waals surface area contributed by atoms with Gasteiger partial charge >= 0.3 is 6.09 Å². The first-order valence-corrected chi connectivity index (χ1v) is 12.3. The monoisotopic (exact) mass is 428 g/mol. The van der Waals surface area contributed by atoms with Crippen LogP contribution in [0.2, 0.25) is 0 Å². The lowest BCUT2D eigenvalue weighted by molar-refractivity contribution is 0.0612. The van der Waals surface area contributed by atoms with E-state index in [1.165, 1.54) is 41.7 Å². The molecular formula is C23H32N4O2S. The van der Waals surface area contributed by atoms with Gasteiger partial charge in [0, 0.05) is 37.6 Å². The number of nitrogens with zero attached hydrogens (tertiary/aromatic N) is 3. The summed E-state index contributed by atoms with van der Waals surface area (Å²) in [7, 11) is 0. The molecule has 3 aliphatic rings. The Labute approximate surface area is 182 Å². The third-order valence-corrected chi connectivity index (χ3v) is 7.67. The van der Waals surface area contributed by atoms with E-state index in [-0.39, 0.29) is 12.2 Å². The first-order valence-electron chi connectivity index (χ1n) is 11.5. The summed E-state index contributed by atoms with van der Waals surface area (Å²) in [4.78, 5) is 16.9. The van der Waals surface area contributed by atoms with Gasteiger partial charge in [-0.3, -0.25) is 4.90 Å². The van der Waals surface area contributed by atoms with Crippen LogP contribution >= 0.6 is 11.5 Å². The number of benzene rings is 1. The Hall–Kier alpha value is -1.86. The number of anilines is 1. The number of piperazine rings is 1. The number of hydrogen-bond acceptors (Lipinski definition) is 6. The average molecular weight is 429 g/mol. The van der Waals surface area contributed by atoms with E-state index < -0.39 is 0 Å². The number of aromatic nitrogens is 1. The molecule has 5 rings (SSSR count). The standard InChI is InChI=1S/C23H32N4O2S/c28-23(24-18-7-8-18)29-19-9-5-17(6-10-19)11-12-26-13-15-27(16-14-26)22-20-3-1-2-4-21(20)30-25-22/h1-4,17-19H,5-16H2,(H,24,28). The molecule has 1 saturated heterocycles. The van der Waals surface area contributed by atoms with Crippen molar-refractivity contribution in [3.63, 3.8) is 0 Å². The number of carbonyl (C=O) groups excluding carboxylic acids is 1. The first kappa shape index (κ1) is 20.1. The molecule has 30 heavy (non-hydrogen) atoms. The normalized spacial score (nSPS) is 25.4. The van der Waals surface area contributed by atoms with Gasteiger partial charge < -0.3 is 15.0 Å². The molecule has 2 saturated carbocycles. The quantitative estimate of drug-likeness (QED) is 0.745. The van der Waals surface area contributed by atoms with Crippen LogP contribution in [0.15, 0.2) is 24.3 Å². The summed E-state index contributed by atoms with van der Waals surface area (Å²) < 4.78 is 11.6. The second kappa shape index (κ2) is 9.10. The maximum atomic E-state index is 11.8. The molecule has 1 aromatic heterocycles. The zero-order valence-electron chi connectivity index (χ0n) is 17.6. The van der Waals surface area contributed by atoms with Crippen molar-refractivity contribution in [3.8, 4) is 0 Å². The molecule has 162 valence electrons. The molecule has 0 unspecified atom stereocenters. The highest BCUT2D eigenvalue weighted by Crippen LogP contribution is 2.31. The lowest BCUT2D eigenvalue weighted by Gasteiger charge is -2.36. The van der Waals surface area contributed by atoms with Crippen molar-refractivity contribution in [2.45, 2.75) is 57.1 Å². The van der Waals surface area contributed by atoms with Gasteiger partial charge in [0.2, 0.25) is 0 Å². The van der Waals surface area contributed by atoms with E-state index in [1.54, 1.807) is 11.5 Å². The van der Waals surface area contributed by atoms with Crippen molar-refractivity contribution in [2.24, 2.45) is 5.92 Å². The molecule has 0 atom stereocenters. The largest absolute Gasteiger partial charge is 0.446 e. The van der Waals surface area contributed by atoms with E-state index in [4.69, 9.17) is 9.11 Å². The van der Waals surface area contributed by atoms with Gasteiger partial charge in [-0.15, -0.1) is 0 Å². The molecule has 3 fully saturated rings. The molecule has 0 bridgehead atoms. The molecule has 2 heterocycles. The summed E-state index contributed by atoms with van der Waals surface area (Å²) in [5, 5.41) is 4.22. The van der Waals surface area contributed by atoms with Gasteiger partial charge in [-0.25, -0.2) is 4.79 Å². The van der Waals surface area contributed by atoms with Gasteiger partial charge in [0.25, 0.3) is 0 Å². The number of hydrogen-bond donors (Lipinski definition) is 1. The van der Waals surface area contributed by atoms with Crippen molar-refractivity contribution in [3.05, 3.63) is 24.3 Å². The number of carbonyl (C=O) groups is 1. The fraction of sp³-hybridized carbons (Fsp3) is 0.652. The van der Waals surface area contributed by atoms with Crippen LogP contribution < -0.4 is 10.2 Å². The van der Waals surface area contributed by atoms with Crippen LogP contribution in [0.3, 0.4) is 0 Å². The smallest absolute Gasteiger partial charge is 0.407 e. The van der Waals surface area contributed by atoms with Gasteiger partial charge in [-0.05, 0) is 81.1 Å². The van der Waals surface area contributed by atoms with Crippen LogP contribution in [-0.2, 0) is 4.74 Å². The highest BCUT2D eigenvalue weighted by Gasteiger charge is 2.28. The molecule has 0 spiro atoms. The highest BCUT2D eigenvalue weighted by molar-refractivity contribution is 7.13. The van der Waals surface area contributed by atoms with Crippen molar-refractivity contribution in [1.29, 1.82) is 0 Å². The van der Waals surface area contributed by atoms with Crippen LogP contribution in [0, 0.1) is 5.92 Å². The van der Waals surface area contributed by atoms with E-state index >= 15 is 0 Å². The molecule has 1 aliphatic heterocycles. The minimum absolute atomic E-state index is 0.122. The number of ether oxygens (including phenoxy) is 1. The van der Waals surface area contributed by atoms with E-state index in [0.717, 1.165) is 57.8 Å². The molecule has 1 amide bonds. The molecule has 0 radical (unpaired) electrons. The molecular weight excluding hydrogens is 396 g/mol. The lowest BCUT2D eigenvalue weighted by atomic mass is 9.85. The fourth-order valence-corrected chi connectivity index (χ4v) is 5.56. The Bertz CT molecular complexity index is 852. The summed E-state index contributed by atoms with van der Waals surface area (Å²) >= 11 is 1.61. The van der Waals surface area contributed by atoms with Gasteiger partial charge in [0.05, 0.1) is 4.70 Å². The fourth-order valence-electron chi connectivity index (χ4n) is 4.77. The molecule has 2 aliphatic carbocycles. The maximum Gasteiger partial charge on any atom is 0.407 e. The average Bonchev–Trinajstić information content (AvgIpc) is 3.48. The minimum Gasteiger partial charge on any atom is -0.446 e. The highest BCUT2D eigenvalue weighted by atomic mass is 32.1. The predicted octanol–water partition coefficient (Wildman–Crippen LogP) is 4.26. The molecule has 7 heteroatoms. The first-order chi connectivity index (χ1) is 14.7. The molecule has 2 aromatic rings. The number of alkyl carbamates (subject to hydrolysis) is 1. The summed E-state index contributed by atoms with van der Waals surface area (Å²) in [6, 6.07) is 8.92. The van der Waals surface area contributed by atoms with E-state index in [0.29, 0.717) is 6.04 Å². The zero-order valence-corrected chi connectivity index (χ0v) is 18.4. The van der Waals surface area contributed by atoms with Gasteiger partial charge in [0.1, 0.15) is 11.9 Å². The number of fused-ring (bicyclic) bond motifs is 1. The Kier molecular flexibility index (Phi) is 6.09. The summed E-state index contributed by atoms with van der Waals surface area (Å²) in [5.41, 5.74) is 0. The third-order valence-electron chi connectivity index (χ3n) is 6.85. The van der Waals surface area contributed by atoms with Crippen molar-refractivity contribution >= 4 is 33.5 Å². The second-order valence-electron chi connectivity index (χ2n) is 9.09. The van der Waals surface area contributed by atoms with E-state index in [9.17, 15) is 4.79 Å².